The second-order valence-corrected chi connectivity index (χ2v) is 7.44. The summed E-state index contributed by atoms with van der Waals surface area (Å²) in [6.45, 7) is 2.20. The topological polar surface area (TPSA) is 116 Å². The third kappa shape index (κ3) is 4.24. The predicted octanol–water partition coefficient (Wildman–Crippen LogP) is 3.46. The van der Waals surface area contributed by atoms with E-state index in [0.717, 1.165) is 11.3 Å². The number of nitrogens with one attached hydrogen (secondary N) is 2. The molecule has 0 aromatic carbocycles. The summed E-state index contributed by atoms with van der Waals surface area (Å²) in [5.74, 6) is 0.0399. The van der Waals surface area contributed by atoms with E-state index in [4.69, 9.17) is 5.26 Å². The van der Waals surface area contributed by atoms with Crippen LogP contribution in [0.2, 0.25) is 0 Å². The molecule has 0 aliphatic rings. The van der Waals surface area contributed by atoms with E-state index in [0.29, 0.717) is 27.4 Å². The van der Waals surface area contributed by atoms with E-state index in [2.05, 4.69) is 30.6 Å². The lowest BCUT2D eigenvalue weighted by Gasteiger charge is -2.14. The first kappa shape index (κ1) is 19.4. The van der Waals surface area contributed by atoms with Gasteiger partial charge in [0.05, 0.1) is 27.5 Å². The zero-order valence-corrected chi connectivity index (χ0v) is 16.8. The SMILES string of the molecule is CC(Nc1nc(C(=O)NCc2cncc(C#N)c2)c2sccc2n1)c1ccccn1. The molecule has 4 aromatic rings. The summed E-state index contributed by atoms with van der Waals surface area (Å²) in [7, 11) is 0. The van der Waals surface area contributed by atoms with E-state index >= 15 is 0 Å². The number of nitrogens with zero attached hydrogens (tertiary/aromatic N) is 5. The number of hydrogen-bond donors (Lipinski definition) is 2. The van der Waals surface area contributed by atoms with Gasteiger partial charge in [0, 0.05) is 25.1 Å². The highest BCUT2D eigenvalue weighted by molar-refractivity contribution is 7.17. The molecular weight excluding hydrogens is 398 g/mol. The summed E-state index contributed by atoms with van der Waals surface area (Å²) < 4.78 is 0.715. The molecule has 1 atom stereocenters. The van der Waals surface area contributed by atoms with Crippen LogP contribution in [0.5, 0.6) is 0 Å². The Morgan fingerprint density at radius 1 is 1.27 bits per heavy atom. The van der Waals surface area contributed by atoms with Gasteiger partial charge in [-0.3, -0.25) is 14.8 Å². The average molecular weight is 415 g/mol. The van der Waals surface area contributed by atoms with Gasteiger partial charge in [0.15, 0.2) is 5.69 Å². The number of pyridine rings is 2. The van der Waals surface area contributed by atoms with E-state index < -0.39 is 0 Å². The summed E-state index contributed by atoms with van der Waals surface area (Å²) in [6, 6.07) is 11.1. The van der Waals surface area contributed by atoms with Crippen LogP contribution in [0.25, 0.3) is 10.2 Å². The number of aromatic nitrogens is 4. The van der Waals surface area contributed by atoms with Gasteiger partial charge in [-0.05, 0) is 42.1 Å². The number of nitriles is 1. The van der Waals surface area contributed by atoms with E-state index in [-0.39, 0.29) is 18.5 Å². The lowest BCUT2D eigenvalue weighted by Crippen LogP contribution is -2.25. The Bertz CT molecular complexity index is 1230. The average Bonchev–Trinajstić information content (AvgIpc) is 3.26. The molecule has 0 radical (unpaired) electrons. The second-order valence-electron chi connectivity index (χ2n) is 6.53. The molecule has 4 rings (SSSR count). The minimum atomic E-state index is -0.319. The molecule has 0 saturated heterocycles. The van der Waals surface area contributed by atoms with Crippen LogP contribution in [-0.2, 0) is 6.54 Å². The van der Waals surface area contributed by atoms with Crippen LogP contribution in [0.1, 0.15) is 40.3 Å². The van der Waals surface area contributed by atoms with Crippen molar-refractivity contribution in [1.82, 2.24) is 25.3 Å². The molecule has 0 aliphatic heterocycles. The maximum atomic E-state index is 12.9. The fourth-order valence-corrected chi connectivity index (χ4v) is 3.71. The maximum absolute atomic E-state index is 12.9. The Balaban J connectivity index is 1.56. The molecule has 0 spiro atoms. The molecule has 30 heavy (non-hydrogen) atoms. The largest absolute Gasteiger partial charge is 0.347 e. The third-order valence-corrected chi connectivity index (χ3v) is 5.28. The number of fused-ring (bicyclic) bond motifs is 1. The van der Waals surface area contributed by atoms with Gasteiger partial charge in [-0.25, -0.2) is 9.97 Å². The maximum Gasteiger partial charge on any atom is 0.271 e. The van der Waals surface area contributed by atoms with Gasteiger partial charge in [-0.15, -0.1) is 11.3 Å². The van der Waals surface area contributed by atoms with E-state index in [1.165, 1.54) is 17.5 Å². The Hall–Kier alpha value is -3.90. The zero-order valence-electron chi connectivity index (χ0n) is 16.0. The van der Waals surface area contributed by atoms with Crippen molar-refractivity contribution in [2.75, 3.05) is 5.32 Å². The molecule has 0 fully saturated rings. The molecule has 1 amide bonds. The highest BCUT2D eigenvalue weighted by Gasteiger charge is 2.17. The van der Waals surface area contributed by atoms with E-state index in [1.54, 1.807) is 18.5 Å². The van der Waals surface area contributed by atoms with Gasteiger partial charge in [0.25, 0.3) is 5.91 Å². The minimum Gasteiger partial charge on any atom is -0.347 e. The number of anilines is 1. The lowest BCUT2D eigenvalue weighted by atomic mass is 10.2. The van der Waals surface area contributed by atoms with Crippen LogP contribution in [0, 0.1) is 11.3 Å². The van der Waals surface area contributed by atoms with Crippen molar-refractivity contribution >= 4 is 33.4 Å². The Kier molecular flexibility index (Phi) is 5.59. The van der Waals surface area contributed by atoms with Crippen molar-refractivity contribution < 1.29 is 4.79 Å². The molecule has 2 N–H and O–H groups in total. The number of carbonyl (C=O) groups is 1. The molecule has 4 aromatic heterocycles. The molecule has 0 bridgehead atoms. The van der Waals surface area contributed by atoms with Gasteiger partial charge < -0.3 is 10.6 Å². The van der Waals surface area contributed by atoms with Gasteiger partial charge in [0.1, 0.15) is 6.07 Å². The first-order valence-electron chi connectivity index (χ1n) is 9.19. The van der Waals surface area contributed by atoms with Crippen molar-refractivity contribution in [2.45, 2.75) is 19.5 Å². The monoisotopic (exact) mass is 415 g/mol. The first-order valence-corrected chi connectivity index (χ1v) is 10.1. The van der Waals surface area contributed by atoms with Gasteiger partial charge >= 0.3 is 0 Å². The van der Waals surface area contributed by atoms with Crippen LogP contribution in [0.15, 0.2) is 54.3 Å². The number of carbonyl (C=O) groups excluding carboxylic acids is 1. The zero-order chi connectivity index (χ0) is 20.9. The number of amides is 1. The molecular formula is C21H17N7OS. The Morgan fingerprint density at radius 3 is 2.97 bits per heavy atom. The highest BCUT2D eigenvalue weighted by Crippen LogP contribution is 2.25. The van der Waals surface area contributed by atoms with Gasteiger partial charge in [0.2, 0.25) is 5.95 Å². The van der Waals surface area contributed by atoms with Crippen LogP contribution >= 0.6 is 11.3 Å². The fourth-order valence-electron chi connectivity index (χ4n) is 2.89. The highest BCUT2D eigenvalue weighted by atomic mass is 32.1. The Morgan fingerprint density at radius 2 is 2.17 bits per heavy atom. The van der Waals surface area contributed by atoms with Crippen molar-refractivity contribution in [1.29, 1.82) is 5.26 Å². The lowest BCUT2D eigenvalue weighted by molar-refractivity contribution is 0.0948. The molecule has 148 valence electrons. The van der Waals surface area contributed by atoms with E-state index in [1.807, 2.05) is 42.6 Å². The van der Waals surface area contributed by atoms with Crippen molar-refractivity contribution in [3.63, 3.8) is 0 Å². The Labute approximate surface area is 176 Å². The normalized spacial score (nSPS) is 11.6. The van der Waals surface area contributed by atoms with Crippen LogP contribution in [-0.4, -0.2) is 25.8 Å². The molecule has 0 saturated carbocycles. The molecule has 8 nitrogen and oxygen atoms in total. The first-order chi connectivity index (χ1) is 14.6. The third-order valence-electron chi connectivity index (χ3n) is 4.37. The number of rotatable bonds is 6. The summed E-state index contributed by atoms with van der Waals surface area (Å²) in [5, 5.41) is 16.9. The minimum absolute atomic E-state index is 0.127. The predicted molar refractivity (Wildman–Crippen MR) is 114 cm³/mol. The standard InChI is InChI=1S/C21H17N7OS/c1-13(16-4-2-3-6-24-16)26-21-27-17-5-7-30-19(17)18(28-21)20(29)25-12-15-8-14(9-22)10-23-11-15/h2-8,10-11,13H,12H2,1H3,(H,25,29)(H,26,27,28). The number of hydrogen-bond acceptors (Lipinski definition) is 8. The van der Waals surface area contributed by atoms with Crippen molar-refractivity contribution in [3.8, 4) is 6.07 Å². The molecule has 0 aliphatic carbocycles. The molecule has 4 heterocycles. The van der Waals surface area contributed by atoms with Crippen LogP contribution < -0.4 is 10.6 Å². The van der Waals surface area contributed by atoms with Crippen molar-refractivity contribution in [3.05, 3.63) is 76.8 Å². The van der Waals surface area contributed by atoms with E-state index in [9.17, 15) is 4.79 Å². The van der Waals surface area contributed by atoms with Gasteiger partial charge in [-0.2, -0.15) is 5.26 Å². The summed E-state index contributed by atoms with van der Waals surface area (Å²) in [5.41, 5.74) is 3.03. The van der Waals surface area contributed by atoms with Gasteiger partial charge in [-0.1, -0.05) is 6.07 Å². The second kappa shape index (κ2) is 8.63. The summed E-state index contributed by atoms with van der Waals surface area (Å²) in [4.78, 5) is 30.2. The molecule has 9 heteroatoms. The smallest absolute Gasteiger partial charge is 0.271 e. The quantitative estimate of drug-likeness (QED) is 0.495. The number of thiophene rings is 1. The summed E-state index contributed by atoms with van der Waals surface area (Å²) in [6.07, 6.45) is 4.82. The molecule has 1 unspecified atom stereocenters. The fraction of sp³-hybridized carbons (Fsp3) is 0.143. The van der Waals surface area contributed by atoms with Crippen LogP contribution in [0.3, 0.4) is 0 Å². The van der Waals surface area contributed by atoms with Crippen LogP contribution in [0.4, 0.5) is 5.95 Å². The van der Waals surface area contributed by atoms with Crippen molar-refractivity contribution in [2.24, 2.45) is 0 Å². The summed E-state index contributed by atoms with van der Waals surface area (Å²) >= 11 is 1.41.